The molecule has 0 atom stereocenters. The number of sulfonamides is 1. The third kappa shape index (κ3) is 9.20. The van der Waals surface area contributed by atoms with Crippen LogP contribution in [0.4, 0.5) is 0 Å². The minimum Gasteiger partial charge on any atom is -0.383 e. The molecule has 0 bridgehead atoms. The molecule has 0 aliphatic heterocycles. The van der Waals surface area contributed by atoms with Crippen LogP contribution in [0.5, 0.6) is 0 Å². The van der Waals surface area contributed by atoms with E-state index >= 15 is 0 Å². The molecule has 3 N–H and O–H groups in total. The smallest absolute Gasteiger partial charge is 0.211 e. The van der Waals surface area contributed by atoms with E-state index in [1.165, 1.54) is 0 Å². The number of nitrogens with one attached hydrogen (secondary N) is 3. The number of methoxy groups -OCH3 is 1. The average molecular weight is 280 g/mol. The van der Waals surface area contributed by atoms with E-state index in [-0.39, 0.29) is 5.75 Å². The van der Waals surface area contributed by atoms with Crippen LogP contribution < -0.4 is 15.4 Å². The molecule has 108 valence electrons. The lowest BCUT2D eigenvalue weighted by Crippen LogP contribution is -2.39. The van der Waals surface area contributed by atoms with Crippen LogP contribution in [-0.4, -0.2) is 60.0 Å². The Balaban J connectivity index is 4.00. The Labute approximate surface area is 109 Å². The zero-order valence-electron chi connectivity index (χ0n) is 11.3. The first-order valence-corrected chi connectivity index (χ1v) is 7.69. The van der Waals surface area contributed by atoms with E-state index in [1.807, 2.05) is 6.92 Å². The Hall–Kier alpha value is -0.860. The summed E-state index contributed by atoms with van der Waals surface area (Å²) in [5.41, 5.74) is 0. The highest BCUT2D eigenvalue weighted by molar-refractivity contribution is 7.89. The molecule has 0 unspecified atom stereocenters. The topological polar surface area (TPSA) is 91.8 Å². The van der Waals surface area contributed by atoms with Crippen LogP contribution in [0.25, 0.3) is 0 Å². The highest BCUT2D eigenvalue weighted by atomic mass is 32.2. The van der Waals surface area contributed by atoms with E-state index in [0.717, 1.165) is 6.54 Å². The monoisotopic (exact) mass is 280 g/mol. The summed E-state index contributed by atoms with van der Waals surface area (Å²) in [6, 6.07) is 0. The Morgan fingerprint density at radius 2 is 1.94 bits per heavy atom. The zero-order valence-corrected chi connectivity index (χ0v) is 12.1. The Bertz CT molecular complexity index is 330. The van der Waals surface area contributed by atoms with E-state index in [0.29, 0.717) is 32.2 Å². The van der Waals surface area contributed by atoms with Crippen molar-refractivity contribution in [2.45, 2.75) is 13.8 Å². The predicted octanol–water partition coefficient (Wildman–Crippen LogP) is -0.873. The minimum atomic E-state index is -3.13. The molecule has 0 fully saturated rings. The van der Waals surface area contributed by atoms with Gasteiger partial charge in [-0.2, -0.15) is 0 Å². The summed E-state index contributed by atoms with van der Waals surface area (Å²) < 4.78 is 29.7. The number of hydrogen-bond acceptors (Lipinski definition) is 4. The van der Waals surface area contributed by atoms with Crippen molar-refractivity contribution in [2.75, 3.05) is 45.6 Å². The van der Waals surface area contributed by atoms with Gasteiger partial charge in [-0.1, -0.05) is 0 Å². The summed E-state index contributed by atoms with van der Waals surface area (Å²) in [6.07, 6.45) is 0. The van der Waals surface area contributed by atoms with Crippen LogP contribution in [0.1, 0.15) is 13.8 Å². The first kappa shape index (κ1) is 17.1. The molecule has 0 radical (unpaired) electrons. The van der Waals surface area contributed by atoms with Gasteiger partial charge in [-0.15, -0.1) is 0 Å². The van der Waals surface area contributed by atoms with Gasteiger partial charge < -0.3 is 15.4 Å². The van der Waals surface area contributed by atoms with Crippen LogP contribution >= 0.6 is 0 Å². The molecule has 0 saturated carbocycles. The molecule has 0 heterocycles. The lowest BCUT2D eigenvalue weighted by Gasteiger charge is -2.10. The van der Waals surface area contributed by atoms with E-state index in [2.05, 4.69) is 20.3 Å². The average Bonchev–Trinajstić information content (AvgIpc) is 2.35. The van der Waals surface area contributed by atoms with Crippen molar-refractivity contribution in [3.05, 3.63) is 0 Å². The maximum absolute atomic E-state index is 11.2. The first-order chi connectivity index (χ1) is 8.55. The van der Waals surface area contributed by atoms with Gasteiger partial charge in [-0.3, -0.25) is 4.99 Å². The first-order valence-electron chi connectivity index (χ1n) is 6.04. The van der Waals surface area contributed by atoms with Crippen LogP contribution in [-0.2, 0) is 14.8 Å². The summed E-state index contributed by atoms with van der Waals surface area (Å²) in [7, 11) is -1.50. The second kappa shape index (κ2) is 10.1. The summed E-state index contributed by atoms with van der Waals surface area (Å²) in [5, 5.41) is 6.13. The summed E-state index contributed by atoms with van der Waals surface area (Å²) in [4.78, 5) is 4.23. The largest absolute Gasteiger partial charge is 0.383 e. The number of rotatable bonds is 9. The molecule has 0 spiro atoms. The second-order valence-corrected chi connectivity index (χ2v) is 5.57. The molecule has 0 amide bonds. The quantitative estimate of drug-likeness (QED) is 0.290. The molecule has 8 heteroatoms. The van der Waals surface area contributed by atoms with Crippen LogP contribution in [0, 0.1) is 0 Å². The van der Waals surface area contributed by atoms with Crippen molar-refractivity contribution < 1.29 is 13.2 Å². The molecule has 0 aliphatic rings. The Kier molecular flexibility index (Phi) is 9.62. The third-order valence-corrected chi connectivity index (χ3v) is 3.43. The van der Waals surface area contributed by atoms with Gasteiger partial charge in [0.15, 0.2) is 5.96 Å². The Morgan fingerprint density at radius 1 is 1.22 bits per heavy atom. The lowest BCUT2D eigenvalue weighted by atomic mass is 10.6. The molecule has 0 rings (SSSR count). The fourth-order valence-electron chi connectivity index (χ4n) is 1.08. The highest BCUT2D eigenvalue weighted by Crippen LogP contribution is 1.81. The third-order valence-electron chi connectivity index (χ3n) is 2.03. The number of aliphatic imine (C=N–C) groups is 1. The van der Waals surface area contributed by atoms with Gasteiger partial charge in [-0.25, -0.2) is 13.1 Å². The molecule has 7 nitrogen and oxygen atoms in total. The van der Waals surface area contributed by atoms with Crippen LogP contribution in [0.15, 0.2) is 4.99 Å². The van der Waals surface area contributed by atoms with Crippen LogP contribution in [0.3, 0.4) is 0 Å². The molecule has 18 heavy (non-hydrogen) atoms. The fraction of sp³-hybridized carbons (Fsp3) is 0.900. The van der Waals surface area contributed by atoms with Gasteiger partial charge in [0.2, 0.25) is 10.0 Å². The normalized spacial score (nSPS) is 12.5. The number of nitrogens with zero attached hydrogens (tertiary/aromatic N) is 1. The van der Waals surface area contributed by atoms with Crippen molar-refractivity contribution >= 4 is 16.0 Å². The van der Waals surface area contributed by atoms with E-state index in [4.69, 9.17) is 4.74 Å². The van der Waals surface area contributed by atoms with Gasteiger partial charge in [0.05, 0.1) is 18.9 Å². The van der Waals surface area contributed by atoms with E-state index in [9.17, 15) is 8.42 Å². The molecular formula is C10H24N4O3S. The lowest BCUT2D eigenvalue weighted by molar-refractivity contribution is 0.203. The predicted molar refractivity (Wildman–Crippen MR) is 73.3 cm³/mol. The number of ether oxygens (including phenoxy) is 1. The standard InChI is InChI=1S/C10H24N4O3S/c1-4-11-10(13-8-9-17-3)12-6-7-14-18(15,16)5-2/h14H,4-9H2,1-3H3,(H2,11,12,13). The van der Waals surface area contributed by atoms with Gasteiger partial charge >= 0.3 is 0 Å². The zero-order chi connectivity index (χ0) is 13.9. The highest BCUT2D eigenvalue weighted by Gasteiger charge is 2.04. The molecule has 0 aromatic carbocycles. The van der Waals surface area contributed by atoms with Gasteiger partial charge in [-0.05, 0) is 13.8 Å². The van der Waals surface area contributed by atoms with Gasteiger partial charge in [0.1, 0.15) is 0 Å². The molecule has 0 aromatic rings. The van der Waals surface area contributed by atoms with Crippen molar-refractivity contribution in [2.24, 2.45) is 4.99 Å². The van der Waals surface area contributed by atoms with E-state index < -0.39 is 10.0 Å². The number of guanidine groups is 1. The SMILES string of the molecule is CCNC(=NCCNS(=O)(=O)CC)NCCOC. The van der Waals surface area contributed by atoms with E-state index in [1.54, 1.807) is 14.0 Å². The van der Waals surface area contributed by atoms with Gasteiger partial charge in [0, 0.05) is 26.7 Å². The second-order valence-electron chi connectivity index (χ2n) is 3.48. The maximum atomic E-state index is 11.2. The fourth-order valence-corrected chi connectivity index (χ4v) is 1.69. The van der Waals surface area contributed by atoms with Crippen molar-refractivity contribution in [1.82, 2.24) is 15.4 Å². The van der Waals surface area contributed by atoms with Crippen molar-refractivity contribution in [1.29, 1.82) is 0 Å². The van der Waals surface area contributed by atoms with Crippen molar-refractivity contribution in [3.8, 4) is 0 Å². The van der Waals surface area contributed by atoms with Gasteiger partial charge in [0.25, 0.3) is 0 Å². The number of hydrogen-bond donors (Lipinski definition) is 3. The summed E-state index contributed by atoms with van der Waals surface area (Å²) in [5.74, 6) is 0.744. The summed E-state index contributed by atoms with van der Waals surface area (Å²) in [6.45, 7) is 6.25. The minimum absolute atomic E-state index is 0.0862. The Morgan fingerprint density at radius 3 is 2.50 bits per heavy atom. The van der Waals surface area contributed by atoms with Crippen molar-refractivity contribution in [3.63, 3.8) is 0 Å². The summed E-state index contributed by atoms with van der Waals surface area (Å²) >= 11 is 0. The molecule has 0 aromatic heterocycles. The molecule has 0 aliphatic carbocycles. The molecule has 0 saturated heterocycles. The molecular weight excluding hydrogens is 256 g/mol. The maximum Gasteiger partial charge on any atom is 0.211 e. The van der Waals surface area contributed by atoms with Crippen LogP contribution in [0.2, 0.25) is 0 Å².